The summed E-state index contributed by atoms with van der Waals surface area (Å²) in [4.78, 5) is 2.64. The minimum atomic E-state index is 0.291. The lowest BCUT2D eigenvalue weighted by atomic mass is 9.48. The molecule has 5 fully saturated rings. The molecule has 0 aromatic carbocycles. The predicted octanol–water partition coefficient (Wildman–Crippen LogP) is 2.25. The first-order valence-electron chi connectivity index (χ1n) is 8.75. The zero-order chi connectivity index (χ0) is 13.7. The topological polar surface area (TPSA) is 38.5 Å². The highest BCUT2D eigenvalue weighted by Gasteiger charge is 2.58. The van der Waals surface area contributed by atoms with E-state index in [1.165, 1.54) is 44.9 Å². The molecular weight excluding hydrogens is 248 g/mol. The Morgan fingerprint density at radius 1 is 1.10 bits per heavy atom. The Morgan fingerprint density at radius 2 is 1.75 bits per heavy atom. The van der Waals surface area contributed by atoms with E-state index in [9.17, 15) is 0 Å². The fourth-order valence-electron chi connectivity index (χ4n) is 6.38. The minimum absolute atomic E-state index is 0.291. The van der Waals surface area contributed by atoms with Gasteiger partial charge in [0.05, 0.1) is 6.10 Å². The number of nitrogens with zero attached hydrogens (tertiary/aromatic N) is 1. The summed E-state index contributed by atoms with van der Waals surface area (Å²) in [6.07, 6.45) is 10.2. The van der Waals surface area contributed by atoms with Crippen molar-refractivity contribution in [3.05, 3.63) is 0 Å². The van der Waals surface area contributed by atoms with Crippen LogP contribution in [0.2, 0.25) is 0 Å². The molecule has 4 saturated carbocycles. The molecule has 5 aliphatic rings. The van der Waals surface area contributed by atoms with Crippen molar-refractivity contribution in [1.29, 1.82) is 0 Å². The van der Waals surface area contributed by atoms with Crippen molar-refractivity contribution >= 4 is 0 Å². The van der Waals surface area contributed by atoms with E-state index in [2.05, 4.69) is 11.9 Å². The number of likely N-dealkylation sites (N-methyl/N-ethyl adjacent to an activating group) is 1. The highest BCUT2D eigenvalue weighted by Crippen LogP contribution is 2.59. The summed E-state index contributed by atoms with van der Waals surface area (Å²) in [5, 5.41) is 0. The van der Waals surface area contributed by atoms with Crippen LogP contribution < -0.4 is 5.73 Å². The van der Waals surface area contributed by atoms with Crippen molar-refractivity contribution in [2.45, 2.75) is 56.6 Å². The van der Waals surface area contributed by atoms with Gasteiger partial charge in [0.1, 0.15) is 0 Å². The van der Waals surface area contributed by atoms with Crippen molar-refractivity contribution in [2.75, 3.05) is 26.7 Å². The second-order valence-corrected chi connectivity index (χ2v) is 8.02. The van der Waals surface area contributed by atoms with Crippen molar-refractivity contribution in [3.8, 4) is 0 Å². The average Bonchev–Trinajstić information content (AvgIpc) is 2.91. The van der Waals surface area contributed by atoms with Crippen LogP contribution in [0, 0.1) is 23.7 Å². The SMILES string of the molecule is CN(CC1CCCO1)C1(CN)C2CC3CC(C2)CC1C3. The van der Waals surface area contributed by atoms with Gasteiger partial charge in [-0.15, -0.1) is 0 Å². The van der Waals surface area contributed by atoms with E-state index >= 15 is 0 Å². The fraction of sp³-hybridized carbons (Fsp3) is 1.00. The molecule has 4 aliphatic carbocycles. The third kappa shape index (κ3) is 1.89. The van der Waals surface area contributed by atoms with Crippen molar-refractivity contribution in [1.82, 2.24) is 4.90 Å². The third-order valence-electron chi connectivity index (χ3n) is 7.09. The van der Waals surface area contributed by atoms with E-state index in [0.717, 1.165) is 43.4 Å². The Bertz CT molecular complexity index is 336. The van der Waals surface area contributed by atoms with E-state index in [4.69, 9.17) is 10.5 Å². The molecule has 1 saturated heterocycles. The summed E-state index contributed by atoms with van der Waals surface area (Å²) in [6.45, 7) is 2.91. The molecule has 1 atom stereocenters. The van der Waals surface area contributed by atoms with E-state index < -0.39 is 0 Å². The molecule has 0 aromatic heterocycles. The second-order valence-electron chi connectivity index (χ2n) is 8.02. The minimum Gasteiger partial charge on any atom is -0.377 e. The molecule has 114 valence electrons. The second kappa shape index (κ2) is 4.96. The molecule has 5 rings (SSSR count). The monoisotopic (exact) mass is 278 g/mol. The number of hydrogen-bond donors (Lipinski definition) is 1. The molecule has 1 unspecified atom stereocenters. The standard InChI is InChI=1S/C17H30N2O/c1-19(10-16-3-2-4-20-16)17(11-18)14-6-12-5-13(8-14)9-15(17)7-12/h12-16H,2-11,18H2,1H3. The number of ether oxygens (including phenoxy) is 1. The van der Waals surface area contributed by atoms with Crippen LogP contribution in [0.3, 0.4) is 0 Å². The summed E-state index contributed by atoms with van der Waals surface area (Å²) in [6, 6.07) is 0. The molecular formula is C17H30N2O. The maximum absolute atomic E-state index is 6.38. The molecule has 20 heavy (non-hydrogen) atoms. The van der Waals surface area contributed by atoms with Crippen LogP contribution in [0.5, 0.6) is 0 Å². The van der Waals surface area contributed by atoms with Crippen LogP contribution in [0.1, 0.15) is 44.9 Å². The number of nitrogens with two attached hydrogens (primary N) is 1. The van der Waals surface area contributed by atoms with Gasteiger partial charge in [0.15, 0.2) is 0 Å². The molecule has 0 amide bonds. The summed E-state index contributed by atoms with van der Waals surface area (Å²) < 4.78 is 5.87. The van der Waals surface area contributed by atoms with Crippen LogP contribution in [0.15, 0.2) is 0 Å². The average molecular weight is 278 g/mol. The summed E-state index contributed by atoms with van der Waals surface area (Å²) in [5.74, 6) is 3.76. The zero-order valence-corrected chi connectivity index (χ0v) is 12.9. The Hall–Kier alpha value is -0.120. The third-order valence-corrected chi connectivity index (χ3v) is 7.09. The van der Waals surface area contributed by atoms with Gasteiger partial charge in [-0.3, -0.25) is 4.90 Å². The van der Waals surface area contributed by atoms with Crippen LogP contribution >= 0.6 is 0 Å². The highest BCUT2D eigenvalue weighted by atomic mass is 16.5. The first-order valence-corrected chi connectivity index (χ1v) is 8.75. The summed E-state index contributed by atoms with van der Waals surface area (Å²) >= 11 is 0. The predicted molar refractivity (Wildman–Crippen MR) is 80.4 cm³/mol. The van der Waals surface area contributed by atoms with Crippen LogP contribution in [-0.2, 0) is 4.74 Å². The molecule has 1 aliphatic heterocycles. The van der Waals surface area contributed by atoms with Gasteiger partial charge in [0.2, 0.25) is 0 Å². The molecule has 2 N–H and O–H groups in total. The van der Waals surface area contributed by atoms with E-state index in [-0.39, 0.29) is 0 Å². The number of rotatable bonds is 4. The van der Waals surface area contributed by atoms with Crippen LogP contribution in [0.4, 0.5) is 0 Å². The molecule has 0 spiro atoms. The first-order chi connectivity index (χ1) is 9.72. The van der Waals surface area contributed by atoms with Gasteiger partial charge < -0.3 is 10.5 Å². The Morgan fingerprint density at radius 3 is 2.25 bits per heavy atom. The van der Waals surface area contributed by atoms with Gasteiger partial charge >= 0.3 is 0 Å². The van der Waals surface area contributed by atoms with E-state index in [1.807, 2.05) is 0 Å². The van der Waals surface area contributed by atoms with Crippen LogP contribution in [0.25, 0.3) is 0 Å². The van der Waals surface area contributed by atoms with E-state index in [1.54, 1.807) is 0 Å². The lowest BCUT2D eigenvalue weighted by Gasteiger charge is -2.64. The Kier molecular flexibility index (Phi) is 3.36. The molecule has 3 nitrogen and oxygen atoms in total. The largest absolute Gasteiger partial charge is 0.377 e. The lowest BCUT2D eigenvalue weighted by Crippen LogP contribution is -2.69. The highest BCUT2D eigenvalue weighted by molar-refractivity contribution is 5.12. The quantitative estimate of drug-likeness (QED) is 0.857. The van der Waals surface area contributed by atoms with Gasteiger partial charge in [-0.25, -0.2) is 0 Å². The van der Waals surface area contributed by atoms with Crippen molar-refractivity contribution < 1.29 is 4.74 Å². The molecule has 0 aromatic rings. The normalized spacial score (nSPS) is 50.2. The number of hydrogen-bond acceptors (Lipinski definition) is 3. The maximum atomic E-state index is 6.38. The Labute approximate surface area is 123 Å². The molecule has 3 heteroatoms. The molecule has 4 bridgehead atoms. The first kappa shape index (κ1) is 13.5. The molecule has 0 radical (unpaired) electrons. The van der Waals surface area contributed by atoms with Gasteiger partial charge in [0.25, 0.3) is 0 Å². The smallest absolute Gasteiger partial charge is 0.0702 e. The Balaban J connectivity index is 1.55. The fourth-order valence-corrected chi connectivity index (χ4v) is 6.38. The lowest BCUT2D eigenvalue weighted by molar-refractivity contribution is -0.130. The van der Waals surface area contributed by atoms with Gasteiger partial charge in [0, 0.05) is 25.2 Å². The summed E-state index contributed by atoms with van der Waals surface area (Å²) in [5.41, 5.74) is 6.67. The van der Waals surface area contributed by atoms with Gasteiger partial charge in [-0.1, -0.05) is 0 Å². The maximum Gasteiger partial charge on any atom is 0.0702 e. The van der Waals surface area contributed by atoms with Crippen molar-refractivity contribution in [3.63, 3.8) is 0 Å². The zero-order valence-electron chi connectivity index (χ0n) is 12.9. The van der Waals surface area contributed by atoms with Gasteiger partial charge in [-0.2, -0.15) is 0 Å². The van der Waals surface area contributed by atoms with Crippen LogP contribution in [-0.4, -0.2) is 43.3 Å². The van der Waals surface area contributed by atoms with E-state index in [0.29, 0.717) is 11.6 Å². The summed E-state index contributed by atoms with van der Waals surface area (Å²) in [7, 11) is 2.33. The molecule has 1 heterocycles. The van der Waals surface area contributed by atoms with Crippen molar-refractivity contribution in [2.24, 2.45) is 29.4 Å². The van der Waals surface area contributed by atoms with Gasteiger partial charge in [-0.05, 0) is 75.7 Å².